The molecule has 0 aliphatic carbocycles. The molecule has 0 aliphatic rings. The van der Waals surface area contributed by atoms with Gasteiger partial charge in [-0.15, -0.1) is 0 Å². The van der Waals surface area contributed by atoms with Gasteiger partial charge in [-0.25, -0.2) is 4.79 Å². The largest absolute Gasteiger partial charge is 0.508 e. The van der Waals surface area contributed by atoms with Gasteiger partial charge in [0.1, 0.15) is 23.4 Å². The number of amidine groups is 1. The van der Waals surface area contributed by atoms with E-state index in [1.165, 1.54) is 63.8 Å². The number of carbonyl (C=O) groups is 3. The molecule has 43 heavy (non-hydrogen) atoms. The molecular formula is C27H26F3N5O8. The number of nitrogens with two attached hydrogens (primary N) is 1. The van der Waals surface area contributed by atoms with Crippen molar-refractivity contribution in [1.82, 2.24) is 10.9 Å². The molecule has 0 aromatic heterocycles. The number of phenols is 1. The molecule has 1 atom stereocenters. The molecule has 0 fully saturated rings. The minimum atomic E-state index is -5.34. The number of amides is 2. The highest BCUT2D eigenvalue weighted by Crippen LogP contribution is 2.40. The fraction of sp³-hybridized carbons (Fsp3) is 0.185. The van der Waals surface area contributed by atoms with E-state index >= 15 is 0 Å². The van der Waals surface area contributed by atoms with Crippen LogP contribution in [0.15, 0.2) is 54.6 Å². The molecule has 228 valence electrons. The molecule has 3 aromatic rings. The second kappa shape index (κ2) is 13.3. The van der Waals surface area contributed by atoms with Gasteiger partial charge in [-0.05, 0) is 54.1 Å². The summed E-state index contributed by atoms with van der Waals surface area (Å²) in [6.45, 7) is 0. The Balaban J connectivity index is 2.02. The van der Waals surface area contributed by atoms with E-state index in [2.05, 4.69) is 20.9 Å². The van der Waals surface area contributed by atoms with Gasteiger partial charge < -0.3 is 35.1 Å². The molecule has 0 saturated heterocycles. The van der Waals surface area contributed by atoms with Crippen LogP contribution in [-0.4, -0.2) is 56.2 Å². The first-order valence-electron chi connectivity index (χ1n) is 12.0. The molecule has 16 heteroatoms. The van der Waals surface area contributed by atoms with Gasteiger partial charge in [-0.1, -0.05) is 0 Å². The van der Waals surface area contributed by atoms with Crippen molar-refractivity contribution in [2.75, 3.05) is 26.6 Å². The summed E-state index contributed by atoms with van der Waals surface area (Å²) in [6, 6.07) is 9.91. The number of nitrogens with one attached hydrogen (secondary N) is 4. The van der Waals surface area contributed by atoms with E-state index in [-0.39, 0.29) is 45.4 Å². The summed E-state index contributed by atoms with van der Waals surface area (Å²) in [6.07, 6.45) is -5.34. The number of ether oxygens (including phenoxy) is 4. The first-order chi connectivity index (χ1) is 20.3. The second-order valence-electron chi connectivity index (χ2n) is 8.54. The molecule has 0 radical (unpaired) electrons. The van der Waals surface area contributed by atoms with Crippen LogP contribution in [0.1, 0.15) is 27.5 Å². The monoisotopic (exact) mass is 605 g/mol. The number of hydrogen-bond donors (Lipinski definition) is 6. The average Bonchev–Trinajstić information content (AvgIpc) is 2.97. The molecule has 0 aliphatic heterocycles. The van der Waals surface area contributed by atoms with Gasteiger partial charge >= 0.3 is 12.1 Å². The first kappa shape index (κ1) is 31.9. The molecule has 1 unspecified atom stereocenters. The van der Waals surface area contributed by atoms with Crippen molar-refractivity contribution in [2.45, 2.75) is 12.2 Å². The average molecular weight is 606 g/mol. The summed E-state index contributed by atoms with van der Waals surface area (Å²) >= 11 is 0. The Hall–Kier alpha value is -5.67. The van der Waals surface area contributed by atoms with Crippen molar-refractivity contribution in [3.63, 3.8) is 0 Å². The van der Waals surface area contributed by atoms with Crippen LogP contribution < -0.4 is 40.8 Å². The van der Waals surface area contributed by atoms with Gasteiger partial charge in [0.15, 0.2) is 11.5 Å². The van der Waals surface area contributed by atoms with Crippen LogP contribution >= 0.6 is 0 Å². The van der Waals surface area contributed by atoms with E-state index in [1.807, 2.05) is 0 Å². The van der Waals surface area contributed by atoms with Gasteiger partial charge in [0, 0.05) is 17.3 Å². The Kier molecular flexibility index (Phi) is 9.87. The van der Waals surface area contributed by atoms with E-state index in [0.717, 1.165) is 12.1 Å². The molecule has 7 N–H and O–H groups in total. The third-order valence-corrected chi connectivity index (χ3v) is 5.73. The zero-order valence-electron chi connectivity index (χ0n) is 22.8. The molecule has 0 bridgehead atoms. The SMILES string of the molecule is COc1cc(C(Nc2ccc(C(=N)N)c(OC(=O)C(F)(F)F)c2)C(=O)NNC(=O)c2ccc(O)cc2)cc(OC)c1OC. The normalized spacial score (nSPS) is 11.5. The summed E-state index contributed by atoms with van der Waals surface area (Å²) in [5, 5.41) is 19.8. The van der Waals surface area contributed by atoms with Gasteiger partial charge in [-0.2, -0.15) is 13.2 Å². The number of alkyl halides is 3. The first-order valence-corrected chi connectivity index (χ1v) is 12.0. The predicted molar refractivity (Wildman–Crippen MR) is 145 cm³/mol. The maximum atomic E-state index is 13.4. The number of rotatable bonds is 10. The van der Waals surface area contributed by atoms with Gasteiger partial charge in [-0.3, -0.25) is 25.8 Å². The van der Waals surface area contributed by atoms with Crippen LogP contribution in [0.4, 0.5) is 18.9 Å². The highest BCUT2D eigenvalue weighted by Gasteiger charge is 2.42. The van der Waals surface area contributed by atoms with E-state index in [9.17, 15) is 32.7 Å². The van der Waals surface area contributed by atoms with Crippen molar-refractivity contribution < 1.29 is 51.6 Å². The number of phenolic OH excluding ortho intramolecular Hbond substituents is 1. The second-order valence-corrected chi connectivity index (χ2v) is 8.54. The third kappa shape index (κ3) is 7.75. The maximum Gasteiger partial charge on any atom is 0.491 e. The summed E-state index contributed by atoms with van der Waals surface area (Å²) in [5.41, 5.74) is 9.82. The maximum absolute atomic E-state index is 13.4. The van der Waals surface area contributed by atoms with Gasteiger partial charge in [0.2, 0.25) is 5.75 Å². The zero-order chi connectivity index (χ0) is 31.9. The Morgan fingerprint density at radius 1 is 0.884 bits per heavy atom. The van der Waals surface area contributed by atoms with Gasteiger partial charge in [0.05, 0.1) is 26.9 Å². The van der Waals surface area contributed by atoms with Crippen molar-refractivity contribution in [2.24, 2.45) is 5.73 Å². The van der Waals surface area contributed by atoms with E-state index in [0.29, 0.717) is 0 Å². The quantitative estimate of drug-likeness (QED) is 0.0658. The Bertz CT molecular complexity index is 1500. The highest BCUT2D eigenvalue weighted by molar-refractivity contribution is 5.99. The smallest absolute Gasteiger partial charge is 0.491 e. The Morgan fingerprint density at radius 3 is 2.00 bits per heavy atom. The lowest BCUT2D eigenvalue weighted by Gasteiger charge is -2.23. The molecule has 13 nitrogen and oxygen atoms in total. The Morgan fingerprint density at radius 2 is 1.49 bits per heavy atom. The molecule has 3 aromatic carbocycles. The number of carbonyl (C=O) groups excluding carboxylic acids is 3. The number of benzene rings is 3. The number of hydrogen-bond acceptors (Lipinski definition) is 10. The highest BCUT2D eigenvalue weighted by atomic mass is 19.4. The van der Waals surface area contributed by atoms with Crippen LogP contribution in [0.3, 0.4) is 0 Å². The Labute approximate surface area is 242 Å². The standard InChI is InChI=1S/C27H26F3N5O8/c1-40-19-10-14(11-20(41-2)22(19)42-3)21(25(38)35-34-24(37)13-4-7-16(36)8-5-13)33-15-6-9-17(23(31)32)18(12-15)43-26(39)27(28,29)30/h4-12,21,33,36H,1-3H3,(H3,31,32)(H,34,37)(H,35,38). The van der Waals surface area contributed by atoms with Crippen LogP contribution in [0, 0.1) is 5.41 Å². The molecule has 0 heterocycles. The topological polar surface area (TPSA) is 194 Å². The number of halogens is 3. The number of esters is 1. The van der Waals surface area contributed by atoms with Crippen LogP contribution in [0.2, 0.25) is 0 Å². The molecule has 2 amide bonds. The van der Waals surface area contributed by atoms with Gasteiger partial charge in [0.25, 0.3) is 11.8 Å². The summed E-state index contributed by atoms with van der Waals surface area (Å²) in [7, 11) is 4.04. The fourth-order valence-corrected chi connectivity index (χ4v) is 3.69. The lowest BCUT2D eigenvalue weighted by molar-refractivity contribution is -0.189. The third-order valence-electron chi connectivity index (χ3n) is 5.73. The summed E-state index contributed by atoms with van der Waals surface area (Å²) in [4.78, 5) is 37.5. The number of nitrogen functional groups attached to an aromatic ring is 1. The van der Waals surface area contributed by atoms with E-state index in [4.69, 9.17) is 25.4 Å². The number of aromatic hydroxyl groups is 1. The van der Waals surface area contributed by atoms with Crippen molar-refractivity contribution in [3.8, 4) is 28.7 Å². The van der Waals surface area contributed by atoms with Crippen LogP contribution in [0.5, 0.6) is 28.7 Å². The summed E-state index contributed by atoms with van der Waals surface area (Å²) < 4.78 is 59.1. The number of hydrazine groups is 1. The fourth-order valence-electron chi connectivity index (χ4n) is 3.69. The molecule has 0 saturated carbocycles. The molecular weight excluding hydrogens is 579 g/mol. The minimum absolute atomic E-state index is 0.0475. The number of methoxy groups -OCH3 is 3. The van der Waals surface area contributed by atoms with Crippen molar-refractivity contribution >= 4 is 29.3 Å². The predicted octanol–water partition coefficient (Wildman–Crippen LogP) is 2.78. The summed E-state index contributed by atoms with van der Waals surface area (Å²) in [5.74, 6) is -5.13. The van der Waals surface area contributed by atoms with Crippen LogP contribution in [0.25, 0.3) is 0 Å². The van der Waals surface area contributed by atoms with Crippen molar-refractivity contribution in [1.29, 1.82) is 5.41 Å². The molecule has 3 rings (SSSR count). The lowest BCUT2D eigenvalue weighted by atomic mass is 10.0. The lowest BCUT2D eigenvalue weighted by Crippen LogP contribution is -2.45. The van der Waals surface area contributed by atoms with Crippen molar-refractivity contribution in [3.05, 3.63) is 71.3 Å². The minimum Gasteiger partial charge on any atom is -0.508 e. The zero-order valence-corrected chi connectivity index (χ0v) is 22.8. The van der Waals surface area contributed by atoms with Crippen LogP contribution in [-0.2, 0) is 9.59 Å². The molecule has 0 spiro atoms. The van der Waals surface area contributed by atoms with E-state index < -0.39 is 41.6 Å². The van der Waals surface area contributed by atoms with E-state index in [1.54, 1.807) is 0 Å². The number of anilines is 1.